The van der Waals surface area contributed by atoms with Gasteiger partial charge in [-0.1, -0.05) is 23.9 Å². The first-order valence-electron chi connectivity index (χ1n) is 9.54. The molecule has 1 saturated heterocycles. The first-order valence-corrected chi connectivity index (χ1v) is 10.5. The van der Waals surface area contributed by atoms with Crippen LogP contribution in [-0.2, 0) is 4.79 Å². The summed E-state index contributed by atoms with van der Waals surface area (Å²) in [4.78, 5) is 21.2. The third-order valence-corrected chi connectivity index (χ3v) is 5.73. The van der Waals surface area contributed by atoms with E-state index in [1.165, 1.54) is 11.8 Å². The molecule has 9 heteroatoms. The van der Waals surface area contributed by atoms with Gasteiger partial charge >= 0.3 is 0 Å². The van der Waals surface area contributed by atoms with E-state index >= 15 is 0 Å². The molecule has 0 bridgehead atoms. The number of amides is 1. The van der Waals surface area contributed by atoms with Crippen molar-refractivity contribution in [3.63, 3.8) is 0 Å². The van der Waals surface area contributed by atoms with Crippen LogP contribution >= 0.6 is 11.8 Å². The summed E-state index contributed by atoms with van der Waals surface area (Å²) in [5.41, 5.74) is 3.20. The number of rotatable bonds is 5. The molecule has 150 valence electrons. The number of hydrogen-bond donors (Lipinski definition) is 0. The van der Waals surface area contributed by atoms with Gasteiger partial charge in [0.1, 0.15) is 5.82 Å². The zero-order valence-corrected chi connectivity index (χ0v) is 17.3. The molecule has 0 aliphatic carbocycles. The Morgan fingerprint density at radius 3 is 2.52 bits per heavy atom. The Labute approximate surface area is 173 Å². The number of anilines is 1. The molecule has 0 saturated carbocycles. The Morgan fingerprint density at radius 2 is 1.83 bits per heavy atom. The standard InChI is InChI=1S/C20H23N7OS/c1-15-11-16(2)13-17(12-15)27-20(22-23-24-27)29-14-19(28)26-9-7-25(8-10-26)18-5-3-4-6-21-18/h3-6,11-13H,7-10,14H2,1-2H3. The van der Waals surface area contributed by atoms with E-state index in [0.717, 1.165) is 35.7 Å². The van der Waals surface area contributed by atoms with Crippen molar-refractivity contribution in [2.45, 2.75) is 19.0 Å². The van der Waals surface area contributed by atoms with Crippen LogP contribution in [0.4, 0.5) is 5.82 Å². The summed E-state index contributed by atoms with van der Waals surface area (Å²) in [6.45, 7) is 7.04. The normalized spacial score (nSPS) is 14.3. The average Bonchev–Trinajstić information content (AvgIpc) is 3.21. The van der Waals surface area contributed by atoms with Crippen LogP contribution in [0.15, 0.2) is 47.8 Å². The molecule has 0 radical (unpaired) electrons. The Morgan fingerprint density at radius 1 is 1.07 bits per heavy atom. The minimum atomic E-state index is 0.102. The van der Waals surface area contributed by atoms with Crippen LogP contribution in [0.2, 0.25) is 0 Å². The third-order valence-electron chi connectivity index (χ3n) is 4.82. The van der Waals surface area contributed by atoms with Gasteiger partial charge in [-0.25, -0.2) is 4.98 Å². The summed E-state index contributed by atoms with van der Waals surface area (Å²) in [6, 6.07) is 12.1. The lowest BCUT2D eigenvalue weighted by molar-refractivity contribution is -0.128. The molecule has 29 heavy (non-hydrogen) atoms. The Hall–Kier alpha value is -2.94. The van der Waals surface area contributed by atoms with Gasteiger partial charge in [0.05, 0.1) is 11.4 Å². The van der Waals surface area contributed by atoms with Crippen molar-refractivity contribution in [3.8, 4) is 5.69 Å². The van der Waals surface area contributed by atoms with Gasteiger partial charge in [-0.2, -0.15) is 4.68 Å². The fraction of sp³-hybridized carbons (Fsp3) is 0.350. The minimum Gasteiger partial charge on any atom is -0.353 e. The SMILES string of the molecule is Cc1cc(C)cc(-n2nnnc2SCC(=O)N2CCN(c3ccccn3)CC2)c1. The molecular formula is C20H23N7OS. The van der Waals surface area contributed by atoms with E-state index in [0.29, 0.717) is 24.0 Å². The van der Waals surface area contributed by atoms with E-state index < -0.39 is 0 Å². The number of aromatic nitrogens is 5. The van der Waals surface area contributed by atoms with E-state index in [1.54, 1.807) is 10.9 Å². The van der Waals surface area contributed by atoms with Gasteiger partial charge in [-0.15, -0.1) is 5.10 Å². The number of nitrogens with zero attached hydrogens (tertiary/aromatic N) is 7. The van der Waals surface area contributed by atoms with Crippen molar-refractivity contribution in [2.75, 3.05) is 36.8 Å². The van der Waals surface area contributed by atoms with Crippen LogP contribution in [0.1, 0.15) is 11.1 Å². The molecule has 1 aliphatic rings. The van der Waals surface area contributed by atoms with E-state index in [1.807, 2.05) is 49.1 Å². The highest BCUT2D eigenvalue weighted by Gasteiger charge is 2.22. The highest BCUT2D eigenvalue weighted by Crippen LogP contribution is 2.21. The summed E-state index contributed by atoms with van der Waals surface area (Å²) >= 11 is 1.37. The second-order valence-electron chi connectivity index (χ2n) is 7.06. The lowest BCUT2D eigenvalue weighted by atomic mass is 10.1. The van der Waals surface area contributed by atoms with Crippen molar-refractivity contribution in [1.82, 2.24) is 30.1 Å². The lowest BCUT2D eigenvalue weighted by Gasteiger charge is -2.35. The van der Waals surface area contributed by atoms with Gasteiger partial charge in [-0.3, -0.25) is 4.79 Å². The summed E-state index contributed by atoms with van der Waals surface area (Å²) in [5.74, 6) is 1.38. The largest absolute Gasteiger partial charge is 0.353 e. The Balaban J connectivity index is 1.35. The summed E-state index contributed by atoms with van der Waals surface area (Å²) in [5, 5.41) is 12.6. The number of pyridine rings is 1. The fourth-order valence-corrected chi connectivity index (χ4v) is 4.24. The second-order valence-corrected chi connectivity index (χ2v) is 8.01. The lowest BCUT2D eigenvalue weighted by Crippen LogP contribution is -2.49. The third kappa shape index (κ3) is 4.56. The zero-order chi connectivity index (χ0) is 20.2. The molecule has 1 aliphatic heterocycles. The monoisotopic (exact) mass is 409 g/mol. The van der Waals surface area contributed by atoms with E-state index in [2.05, 4.69) is 31.5 Å². The summed E-state index contributed by atoms with van der Waals surface area (Å²) < 4.78 is 1.69. The molecule has 3 aromatic rings. The smallest absolute Gasteiger partial charge is 0.233 e. The molecule has 3 heterocycles. The van der Waals surface area contributed by atoms with Crippen molar-refractivity contribution in [3.05, 3.63) is 53.7 Å². The number of aryl methyl sites for hydroxylation is 2. The van der Waals surface area contributed by atoms with Crippen molar-refractivity contribution in [1.29, 1.82) is 0 Å². The van der Waals surface area contributed by atoms with Gasteiger partial charge < -0.3 is 9.80 Å². The predicted molar refractivity (Wildman–Crippen MR) is 112 cm³/mol. The molecule has 1 aromatic carbocycles. The van der Waals surface area contributed by atoms with Crippen molar-refractivity contribution >= 4 is 23.5 Å². The maximum absolute atomic E-state index is 12.7. The summed E-state index contributed by atoms with van der Waals surface area (Å²) in [7, 11) is 0. The van der Waals surface area contributed by atoms with E-state index in [-0.39, 0.29) is 5.91 Å². The quantitative estimate of drug-likeness (QED) is 0.597. The average molecular weight is 410 g/mol. The maximum atomic E-state index is 12.7. The number of benzene rings is 1. The van der Waals surface area contributed by atoms with Gasteiger partial charge in [0.15, 0.2) is 0 Å². The van der Waals surface area contributed by atoms with Crippen LogP contribution in [0.5, 0.6) is 0 Å². The fourth-order valence-electron chi connectivity index (χ4n) is 3.45. The Kier molecular flexibility index (Phi) is 5.75. The second kappa shape index (κ2) is 8.60. The summed E-state index contributed by atoms with van der Waals surface area (Å²) in [6.07, 6.45) is 1.80. The van der Waals surface area contributed by atoms with Crippen LogP contribution in [-0.4, -0.2) is 67.9 Å². The molecule has 2 aromatic heterocycles. The number of carbonyl (C=O) groups excluding carboxylic acids is 1. The molecule has 0 N–H and O–H groups in total. The van der Waals surface area contributed by atoms with Gasteiger partial charge in [-0.05, 0) is 59.7 Å². The van der Waals surface area contributed by atoms with E-state index in [4.69, 9.17) is 0 Å². The molecule has 8 nitrogen and oxygen atoms in total. The number of thioether (sulfide) groups is 1. The number of hydrogen-bond acceptors (Lipinski definition) is 7. The molecule has 1 fully saturated rings. The molecule has 0 spiro atoms. The van der Waals surface area contributed by atoms with Crippen LogP contribution in [0, 0.1) is 13.8 Å². The molecule has 0 atom stereocenters. The van der Waals surface area contributed by atoms with E-state index in [9.17, 15) is 4.79 Å². The van der Waals surface area contributed by atoms with Crippen LogP contribution in [0.25, 0.3) is 5.69 Å². The minimum absolute atomic E-state index is 0.102. The van der Waals surface area contributed by atoms with Gasteiger partial charge in [0.2, 0.25) is 11.1 Å². The highest BCUT2D eigenvalue weighted by atomic mass is 32.2. The van der Waals surface area contributed by atoms with Crippen molar-refractivity contribution in [2.24, 2.45) is 0 Å². The Bertz CT molecular complexity index is 963. The molecule has 1 amide bonds. The topological polar surface area (TPSA) is 80.0 Å². The number of carbonyl (C=O) groups is 1. The maximum Gasteiger partial charge on any atom is 0.233 e. The van der Waals surface area contributed by atoms with Crippen LogP contribution in [0.3, 0.4) is 0 Å². The zero-order valence-electron chi connectivity index (χ0n) is 16.5. The number of piperazine rings is 1. The van der Waals surface area contributed by atoms with Gasteiger partial charge in [0.25, 0.3) is 0 Å². The van der Waals surface area contributed by atoms with Crippen LogP contribution < -0.4 is 4.90 Å². The molecular weight excluding hydrogens is 386 g/mol. The first-order chi connectivity index (χ1) is 14.1. The molecule has 4 rings (SSSR count). The predicted octanol–water partition coefficient (Wildman–Crippen LogP) is 2.12. The first kappa shape index (κ1) is 19.4. The van der Waals surface area contributed by atoms with Crippen molar-refractivity contribution < 1.29 is 4.79 Å². The molecule has 0 unspecified atom stereocenters. The highest BCUT2D eigenvalue weighted by molar-refractivity contribution is 7.99. The van der Waals surface area contributed by atoms with Gasteiger partial charge in [0, 0.05) is 32.4 Å². The number of tetrazole rings is 1.